The molecule has 2 aliphatic rings. The molecule has 1 aromatic heterocycles. The van der Waals surface area contributed by atoms with Crippen LogP contribution in [0.25, 0.3) is 11.5 Å². The van der Waals surface area contributed by atoms with Crippen molar-refractivity contribution < 1.29 is 4.42 Å². The smallest absolute Gasteiger partial charge is 0.247 e. The van der Waals surface area contributed by atoms with Crippen molar-refractivity contribution in [3.8, 4) is 11.5 Å². The Morgan fingerprint density at radius 3 is 2.52 bits per heavy atom. The average molecular weight is 311 g/mol. The molecule has 1 aliphatic carbocycles. The Balaban J connectivity index is 1.40. The van der Waals surface area contributed by atoms with Gasteiger partial charge in [0.1, 0.15) is 0 Å². The molecule has 1 aromatic carbocycles. The normalized spacial score (nSPS) is 21.6. The molecule has 0 unspecified atom stereocenters. The second-order valence-corrected chi connectivity index (χ2v) is 7.20. The van der Waals surface area contributed by atoms with E-state index in [1.54, 1.807) is 0 Å². The molecular formula is C19H25N3O. The van der Waals surface area contributed by atoms with Crippen molar-refractivity contribution in [1.29, 1.82) is 0 Å². The molecule has 2 aromatic rings. The Bertz CT molecular complexity index is 631. The van der Waals surface area contributed by atoms with Gasteiger partial charge in [0.15, 0.2) is 0 Å². The molecular weight excluding hydrogens is 286 g/mol. The quantitative estimate of drug-likeness (QED) is 0.848. The zero-order valence-corrected chi connectivity index (χ0v) is 13.7. The van der Waals surface area contributed by atoms with Gasteiger partial charge in [0, 0.05) is 5.56 Å². The lowest BCUT2D eigenvalue weighted by Crippen LogP contribution is -2.25. The van der Waals surface area contributed by atoms with Gasteiger partial charge in [-0.3, -0.25) is 4.90 Å². The highest BCUT2D eigenvalue weighted by molar-refractivity contribution is 5.51. The Morgan fingerprint density at radius 1 is 0.913 bits per heavy atom. The van der Waals surface area contributed by atoms with Gasteiger partial charge >= 0.3 is 0 Å². The van der Waals surface area contributed by atoms with Crippen LogP contribution in [0, 0.1) is 5.41 Å². The molecule has 4 rings (SSSR count). The van der Waals surface area contributed by atoms with Gasteiger partial charge in [-0.15, -0.1) is 10.2 Å². The van der Waals surface area contributed by atoms with E-state index in [2.05, 4.69) is 15.1 Å². The van der Waals surface area contributed by atoms with Gasteiger partial charge in [-0.25, -0.2) is 0 Å². The molecule has 0 atom stereocenters. The molecule has 4 heteroatoms. The molecule has 0 radical (unpaired) electrons. The number of likely N-dealkylation sites (tertiary alicyclic amines) is 1. The van der Waals surface area contributed by atoms with Crippen LogP contribution in [-0.2, 0) is 6.54 Å². The second kappa shape index (κ2) is 6.44. The van der Waals surface area contributed by atoms with Crippen LogP contribution in [0.2, 0.25) is 0 Å². The maximum Gasteiger partial charge on any atom is 0.247 e. The number of rotatable bonds is 3. The van der Waals surface area contributed by atoms with Crippen LogP contribution < -0.4 is 0 Å². The van der Waals surface area contributed by atoms with Crippen LogP contribution in [0.1, 0.15) is 50.8 Å². The van der Waals surface area contributed by atoms with Gasteiger partial charge in [0.25, 0.3) is 0 Å². The summed E-state index contributed by atoms with van der Waals surface area (Å²) in [6.07, 6.45) is 9.81. The van der Waals surface area contributed by atoms with Gasteiger partial charge in [-0.1, -0.05) is 31.0 Å². The summed E-state index contributed by atoms with van der Waals surface area (Å²) in [7, 11) is 0. The minimum Gasteiger partial charge on any atom is -0.419 e. The van der Waals surface area contributed by atoms with E-state index in [-0.39, 0.29) is 0 Å². The van der Waals surface area contributed by atoms with Gasteiger partial charge in [-0.05, 0) is 62.7 Å². The molecule has 4 nitrogen and oxygen atoms in total. The standard InChI is InChI=1S/C19H25N3O/c1-2-7-16(8-3-1)18-21-20-17(23-18)15-22-13-6-11-19(12-14-22)9-4-5-10-19/h1-3,7-8H,4-6,9-15H2. The van der Waals surface area contributed by atoms with E-state index in [0.29, 0.717) is 11.3 Å². The largest absolute Gasteiger partial charge is 0.419 e. The molecule has 2 heterocycles. The first-order chi connectivity index (χ1) is 11.3. The highest BCUT2D eigenvalue weighted by atomic mass is 16.4. The summed E-state index contributed by atoms with van der Waals surface area (Å²) >= 11 is 0. The predicted octanol–water partition coefficient (Wildman–Crippen LogP) is 4.28. The first kappa shape index (κ1) is 14.9. The summed E-state index contributed by atoms with van der Waals surface area (Å²) in [5, 5.41) is 8.45. The molecule has 1 saturated heterocycles. The third-order valence-electron chi connectivity index (χ3n) is 5.65. The molecule has 1 saturated carbocycles. The maximum atomic E-state index is 5.87. The maximum absolute atomic E-state index is 5.87. The van der Waals surface area contributed by atoms with Crippen LogP contribution in [0.5, 0.6) is 0 Å². The fourth-order valence-electron chi connectivity index (χ4n) is 4.30. The van der Waals surface area contributed by atoms with Crippen LogP contribution >= 0.6 is 0 Å². The zero-order valence-electron chi connectivity index (χ0n) is 13.7. The van der Waals surface area contributed by atoms with E-state index < -0.39 is 0 Å². The van der Waals surface area contributed by atoms with Crippen molar-refractivity contribution in [2.24, 2.45) is 5.41 Å². The monoisotopic (exact) mass is 311 g/mol. The molecule has 0 bridgehead atoms. The third-order valence-corrected chi connectivity index (χ3v) is 5.65. The van der Waals surface area contributed by atoms with E-state index in [1.165, 1.54) is 51.5 Å². The van der Waals surface area contributed by atoms with Crippen molar-refractivity contribution >= 4 is 0 Å². The van der Waals surface area contributed by atoms with Gasteiger partial charge in [0.2, 0.25) is 11.8 Å². The third kappa shape index (κ3) is 3.32. The van der Waals surface area contributed by atoms with Crippen molar-refractivity contribution in [3.63, 3.8) is 0 Å². The van der Waals surface area contributed by atoms with Crippen LogP contribution in [0.15, 0.2) is 34.7 Å². The summed E-state index contributed by atoms with van der Waals surface area (Å²) in [5.41, 5.74) is 1.64. The summed E-state index contributed by atoms with van der Waals surface area (Å²) in [5.74, 6) is 1.37. The fourth-order valence-corrected chi connectivity index (χ4v) is 4.30. The van der Waals surface area contributed by atoms with Crippen molar-refractivity contribution in [1.82, 2.24) is 15.1 Å². The van der Waals surface area contributed by atoms with Gasteiger partial charge in [0.05, 0.1) is 6.54 Å². The predicted molar refractivity (Wildman–Crippen MR) is 89.8 cm³/mol. The number of hydrogen-bond donors (Lipinski definition) is 0. The molecule has 23 heavy (non-hydrogen) atoms. The lowest BCUT2D eigenvalue weighted by atomic mass is 9.79. The Labute approximate surface area is 137 Å². The molecule has 0 amide bonds. The van der Waals surface area contributed by atoms with Gasteiger partial charge < -0.3 is 4.42 Å². The molecule has 122 valence electrons. The fraction of sp³-hybridized carbons (Fsp3) is 0.579. The van der Waals surface area contributed by atoms with Crippen LogP contribution in [-0.4, -0.2) is 28.2 Å². The van der Waals surface area contributed by atoms with Crippen LogP contribution in [0.3, 0.4) is 0 Å². The Kier molecular flexibility index (Phi) is 4.17. The van der Waals surface area contributed by atoms with E-state index in [0.717, 1.165) is 24.5 Å². The number of aromatic nitrogens is 2. The first-order valence-electron chi connectivity index (χ1n) is 8.93. The number of benzene rings is 1. The van der Waals surface area contributed by atoms with Crippen molar-refractivity contribution in [3.05, 3.63) is 36.2 Å². The molecule has 1 aliphatic heterocycles. The minimum atomic E-state index is 0.627. The lowest BCUT2D eigenvalue weighted by molar-refractivity contribution is 0.218. The lowest BCUT2D eigenvalue weighted by Gasteiger charge is -2.27. The minimum absolute atomic E-state index is 0.627. The molecule has 2 fully saturated rings. The number of nitrogens with zero attached hydrogens (tertiary/aromatic N) is 3. The van der Waals surface area contributed by atoms with Crippen molar-refractivity contribution in [2.75, 3.05) is 13.1 Å². The van der Waals surface area contributed by atoms with E-state index >= 15 is 0 Å². The summed E-state index contributed by atoms with van der Waals surface area (Å²) in [4.78, 5) is 2.50. The Hall–Kier alpha value is -1.68. The van der Waals surface area contributed by atoms with E-state index in [1.807, 2.05) is 30.3 Å². The second-order valence-electron chi connectivity index (χ2n) is 7.20. The molecule has 1 spiro atoms. The van der Waals surface area contributed by atoms with E-state index in [9.17, 15) is 0 Å². The van der Waals surface area contributed by atoms with Crippen molar-refractivity contribution in [2.45, 2.75) is 51.5 Å². The van der Waals surface area contributed by atoms with Crippen LogP contribution in [0.4, 0.5) is 0 Å². The first-order valence-corrected chi connectivity index (χ1v) is 8.93. The topological polar surface area (TPSA) is 42.2 Å². The summed E-state index contributed by atoms with van der Waals surface area (Å²) in [6, 6.07) is 10.0. The average Bonchev–Trinajstić information content (AvgIpc) is 3.18. The van der Waals surface area contributed by atoms with Gasteiger partial charge in [-0.2, -0.15) is 0 Å². The zero-order chi connectivity index (χ0) is 15.5. The number of hydrogen-bond acceptors (Lipinski definition) is 4. The highest BCUT2D eigenvalue weighted by Crippen LogP contribution is 2.46. The highest BCUT2D eigenvalue weighted by Gasteiger charge is 2.35. The van der Waals surface area contributed by atoms with E-state index in [4.69, 9.17) is 4.42 Å². The summed E-state index contributed by atoms with van der Waals surface area (Å²) < 4.78 is 5.87. The SMILES string of the molecule is c1ccc(-c2nnc(CN3CCCC4(CCCC4)CC3)o2)cc1. The Morgan fingerprint density at radius 2 is 1.70 bits per heavy atom. The molecule has 0 N–H and O–H groups in total. The summed E-state index contributed by atoms with van der Waals surface area (Å²) in [6.45, 7) is 3.11.